The predicted octanol–water partition coefficient (Wildman–Crippen LogP) is -0.214. The molecule has 5 nitrogen and oxygen atoms in total. The van der Waals surface area contributed by atoms with Gasteiger partial charge in [0, 0.05) is 21.3 Å². The van der Waals surface area contributed by atoms with Gasteiger partial charge in [-0.25, -0.2) is 0 Å². The van der Waals surface area contributed by atoms with Crippen molar-refractivity contribution in [3.8, 4) is 0 Å². The van der Waals surface area contributed by atoms with Gasteiger partial charge in [-0.15, -0.1) is 0 Å². The first-order chi connectivity index (χ1) is 6.81. The van der Waals surface area contributed by atoms with E-state index < -0.39 is 0 Å². The fourth-order valence-electron chi connectivity index (χ4n) is 2.14. The normalized spacial score (nSPS) is 46.9. The zero-order chi connectivity index (χ0) is 10.1. The molecule has 5 atom stereocenters. The molecule has 0 aromatic rings. The first-order valence-corrected chi connectivity index (χ1v) is 4.67. The van der Waals surface area contributed by atoms with Gasteiger partial charge < -0.3 is 23.7 Å². The lowest BCUT2D eigenvalue weighted by Crippen LogP contribution is -2.56. The van der Waals surface area contributed by atoms with Gasteiger partial charge >= 0.3 is 0 Å². The summed E-state index contributed by atoms with van der Waals surface area (Å²) in [4.78, 5) is 0. The maximum absolute atomic E-state index is 5.58. The predicted molar refractivity (Wildman–Crippen MR) is 47.0 cm³/mol. The summed E-state index contributed by atoms with van der Waals surface area (Å²) >= 11 is 0. The van der Waals surface area contributed by atoms with Gasteiger partial charge in [0.25, 0.3) is 0 Å². The van der Waals surface area contributed by atoms with Crippen molar-refractivity contribution < 1.29 is 23.7 Å². The maximum atomic E-state index is 5.58. The monoisotopic (exact) mass is 204 g/mol. The molecule has 2 bridgehead atoms. The average Bonchev–Trinajstić information content (AvgIpc) is 2.63. The Balaban J connectivity index is 2.16. The van der Waals surface area contributed by atoms with Gasteiger partial charge in [-0.2, -0.15) is 0 Å². The molecule has 0 amide bonds. The molecule has 0 aromatic carbocycles. The van der Waals surface area contributed by atoms with E-state index in [4.69, 9.17) is 23.7 Å². The summed E-state index contributed by atoms with van der Waals surface area (Å²) in [6.07, 6.45) is -0.827. The van der Waals surface area contributed by atoms with E-state index in [1.54, 1.807) is 21.3 Å². The highest BCUT2D eigenvalue weighted by Gasteiger charge is 2.51. The van der Waals surface area contributed by atoms with Gasteiger partial charge in [0.1, 0.15) is 24.4 Å². The molecule has 0 aliphatic carbocycles. The highest BCUT2D eigenvalue weighted by atomic mass is 16.8. The van der Waals surface area contributed by atoms with Gasteiger partial charge in [-0.05, 0) is 0 Å². The molecule has 2 heterocycles. The van der Waals surface area contributed by atoms with E-state index >= 15 is 0 Å². The molecular weight excluding hydrogens is 188 g/mol. The molecule has 14 heavy (non-hydrogen) atoms. The second-order valence-electron chi connectivity index (χ2n) is 3.48. The fourth-order valence-corrected chi connectivity index (χ4v) is 2.14. The molecule has 5 heteroatoms. The number of hydrogen-bond donors (Lipinski definition) is 0. The first-order valence-electron chi connectivity index (χ1n) is 4.67. The van der Waals surface area contributed by atoms with E-state index in [0.717, 1.165) is 0 Å². The SMILES string of the molecule is COC1C(OC)[C@H](OC)C2CO[C@@H]1O2. The van der Waals surface area contributed by atoms with Crippen LogP contribution < -0.4 is 0 Å². The molecule has 0 spiro atoms. The fraction of sp³-hybridized carbons (Fsp3) is 1.00. The maximum Gasteiger partial charge on any atom is 0.187 e. The third-order valence-corrected chi connectivity index (χ3v) is 2.83. The number of fused-ring (bicyclic) bond motifs is 2. The van der Waals surface area contributed by atoms with Crippen LogP contribution in [0.15, 0.2) is 0 Å². The Morgan fingerprint density at radius 2 is 1.57 bits per heavy atom. The average molecular weight is 204 g/mol. The minimum absolute atomic E-state index is 0.0404. The van der Waals surface area contributed by atoms with E-state index in [1.807, 2.05) is 0 Å². The van der Waals surface area contributed by atoms with Crippen LogP contribution in [0, 0.1) is 0 Å². The van der Waals surface area contributed by atoms with Crippen LogP contribution in [0.1, 0.15) is 0 Å². The number of hydrogen-bond acceptors (Lipinski definition) is 5. The second kappa shape index (κ2) is 4.12. The Morgan fingerprint density at radius 3 is 2.14 bits per heavy atom. The lowest BCUT2D eigenvalue weighted by molar-refractivity contribution is -0.246. The Bertz CT molecular complexity index is 180. The van der Waals surface area contributed by atoms with Crippen LogP contribution in [0.5, 0.6) is 0 Å². The molecule has 2 aliphatic heterocycles. The minimum atomic E-state index is -0.318. The van der Waals surface area contributed by atoms with Crippen molar-refractivity contribution >= 4 is 0 Å². The van der Waals surface area contributed by atoms with E-state index in [9.17, 15) is 0 Å². The topological polar surface area (TPSA) is 46.2 Å². The summed E-state index contributed by atoms with van der Waals surface area (Å²) in [5.41, 5.74) is 0. The first kappa shape index (κ1) is 10.3. The van der Waals surface area contributed by atoms with Gasteiger partial charge in [0.2, 0.25) is 0 Å². The largest absolute Gasteiger partial charge is 0.376 e. The third kappa shape index (κ3) is 1.45. The Hall–Kier alpha value is -0.200. The van der Waals surface area contributed by atoms with Crippen molar-refractivity contribution in [3.63, 3.8) is 0 Å². The second-order valence-corrected chi connectivity index (χ2v) is 3.48. The standard InChI is InChI=1S/C9H16O5/c1-10-6-5-4-13-9(14-5)8(12-3)7(6)11-2/h5-9H,4H2,1-3H3/t5?,6-,7?,8?,9-/m1/s1. The Labute approximate surface area is 83.2 Å². The molecule has 0 saturated carbocycles. The molecule has 0 aromatic heterocycles. The van der Waals surface area contributed by atoms with Gasteiger partial charge in [-0.1, -0.05) is 0 Å². The van der Waals surface area contributed by atoms with Crippen molar-refractivity contribution in [3.05, 3.63) is 0 Å². The highest BCUT2D eigenvalue weighted by molar-refractivity contribution is 4.95. The molecule has 2 saturated heterocycles. The van der Waals surface area contributed by atoms with E-state index in [-0.39, 0.29) is 30.7 Å². The third-order valence-electron chi connectivity index (χ3n) is 2.83. The zero-order valence-electron chi connectivity index (χ0n) is 8.64. The molecule has 0 N–H and O–H groups in total. The molecule has 2 rings (SSSR count). The smallest absolute Gasteiger partial charge is 0.187 e. The Kier molecular flexibility index (Phi) is 3.04. The van der Waals surface area contributed by atoms with Crippen molar-refractivity contribution in [2.75, 3.05) is 27.9 Å². The summed E-state index contributed by atoms with van der Waals surface area (Å²) in [6, 6.07) is 0. The summed E-state index contributed by atoms with van der Waals surface area (Å²) in [5.74, 6) is 0. The minimum Gasteiger partial charge on any atom is -0.376 e. The summed E-state index contributed by atoms with van der Waals surface area (Å²) in [5, 5.41) is 0. The number of ether oxygens (including phenoxy) is 5. The van der Waals surface area contributed by atoms with Crippen molar-refractivity contribution in [2.45, 2.75) is 30.7 Å². The Morgan fingerprint density at radius 1 is 0.929 bits per heavy atom. The summed E-state index contributed by atoms with van der Waals surface area (Å²) in [6.45, 7) is 0.545. The van der Waals surface area contributed by atoms with Crippen LogP contribution in [-0.2, 0) is 23.7 Å². The highest BCUT2D eigenvalue weighted by Crippen LogP contribution is 2.32. The number of rotatable bonds is 3. The van der Waals surface area contributed by atoms with Gasteiger partial charge in [0.15, 0.2) is 6.29 Å². The van der Waals surface area contributed by atoms with Crippen LogP contribution in [0.25, 0.3) is 0 Å². The molecule has 0 radical (unpaired) electrons. The molecule has 3 unspecified atom stereocenters. The van der Waals surface area contributed by atoms with E-state index in [2.05, 4.69) is 0 Å². The van der Waals surface area contributed by atoms with E-state index in [0.29, 0.717) is 6.61 Å². The molecular formula is C9H16O5. The van der Waals surface area contributed by atoms with Crippen LogP contribution in [0.4, 0.5) is 0 Å². The van der Waals surface area contributed by atoms with Gasteiger partial charge in [-0.3, -0.25) is 0 Å². The van der Waals surface area contributed by atoms with Gasteiger partial charge in [0.05, 0.1) is 6.61 Å². The van der Waals surface area contributed by atoms with Crippen LogP contribution in [0.3, 0.4) is 0 Å². The quantitative estimate of drug-likeness (QED) is 0.636. The zero-order valence-corrected chi connectivity index (χ0v) is 8.64. The molecule has 82 valence electrons. The molecule has 2 fully saturated rings. The summed E-state index contributed by atoms with van der Waals surface area (Å²) in [7, 11) is 4.91. The van der Waals surface area contributed by atoms with Crippen molar-refractivity contribution in [1.82, 2.24) is 0 Å². The van der Waals surface area contributed by atoms with Crippen LogP contribution in [-0.4, -0.2) is 58.6 Å². The van der Waals surface area contributed by atoms with E-state index in [1.165, 1.54) is 0 Å². The lowest BCUT2D eigenvalue weighted by Gasteiger charge is -2.38. The van der Waals surface area contributed by atoms with Crippen molar-refractivity contribution in [2.24, 2.45) is 0 Å². The van der Waals surface area contributed by atoms with Crippen LogP contribution in [0.2, 0.25) is 0 Å². The lowest BCUT2D eigenvalue weighted by atomic mass is 10.0. The van der Waals surface area contributed by atoms with Crippen LogP contribution >= 0.6 is 0 Å². The van der Waals surface area contributed by atoms with Crippen molar-refractivity contribution in [1.29, 1.82) is 0 Å². The number of methoxy groups -OCH3 is 3. The summed E-state index contributed by atoms with van der Waals surface area (Å²) < 4.78 is 27.0. The molecule has 2 aliphatic rings.